The van der Waals surface area contributed by atoms with Gasteiger partial charge in [0.25, 0.3) is 0 Å². The first kappa shape index (κ1) is 13.7. The molecule has 3 rings (SSSR count). The van der Waals surface area contributed by atoms with Gasteiger partial charge in [0.2, 0.25) is 0 Å². The van der Waals surface area contributed by atoms with Gasteiger partial charge in [0.05, 0.1) is 12.2 Å². The Hall–Kier alpha value is -0.280. The first-order chi connectivity index (χ1) is 9.19. The lowest BCUT2D eigenvalue weighted by molar-refractivity contribution is 0.0863. The number of likely N-dealkylation sites (N-methyl/N-ethyl adjacent to an activating group) is 1. The molecule has 2 saturated heterocycles. The number of halogens is 2. The number of rotatable bonds is 4. The minimum Gasteiger partial charge on any atom is -0.375 e. The van der Waals surface area contributed by atoms with Crippen molar-refractivity contribution in [2.45, 2.75) is 43.9 Å². The Morgan fingerprint density at radius 1 is 1.32 bits per heavy atom. The Morgan fingerprint density at radius 3 is 2.58 bits per heavy atom. The summed E-state index contributed by atoms with van der Waals surface area (Å²) in [6.45, 7) is 0. The van der Waals surface area contributed by atoms with Gasteiger partial charge in [-0.1, -0.05) is 29.3 Å². The summed E-state index contributed by atoms with van der Waals surface area (Å²) in [6.07, 6.45) is 5.36. The van der Waals surface area contributed by atoms with Gasteiger partial charge >= 0.3 is 0 Å². The fourth-order valence-corrected chi connectivity index (χ4v) is 4.07. The van der Waals surface area contributed by atoms with Crippen LogP contribution in [0, 0.1) is 5.92 Å². The highest BCUT2D eigenvalue weighted by atomic mass is 35.5. The molecule has 2 heterocycles. The Morgan fingerprint density at radius 2 is 2.05 bits per heavy atom. The van der Waals surface area contributed by atoms with Crippen LogP contribution in [0.2, 0.25) is 10.0 Å². The number of nitrogens with one attached hydrogen (secondary N) is 1. The van der Waals surface area contributed by atoms with Gasteiger partial charge in [0.15, 0.2) is 0 Å². The van der Waals surface area contributed by atoms with E-state index in [1.165, 1.54) is 12.8 Å². The minimum absolute atomic E-state index is 0.382. The molecule has 0 aliphatic carbocycles. The lowest BCUT2D eigenvalue weighted by atomic mass is 9.81. The molecular formula is C15H19Cl2NO. The highest BCUT2D eigenvalue weighted by Gasteiger charge is 2.44. The van der Waals surface area contributed by atoms with Crippen molar-refractivity contribution in [1.82, 2.24) is 5.32 Å². The van der Waals surface area contributed by atoms with Crippen molar-refractivity contribution in [2.24, 2.45) is 5.92 Å². The van der Waals surface area contributed by atoms with Crippen LogP contribution in [0.3, 0.4) is 0 Å². The van der Waals surface area contributed by atoms with Crippen molar-refractivity contribution in [3.05, 3.63) is 33.8 Å². The van der Waals surface area contributed by atoms with Crippen molar-refractivity contribution in [3.63, 3.8) is 0 Å². The largest absolute Gasteiger partial charge is 0.375 e. The maximum absolute atomic E-state index is 6.27. The van der Waals surface area contributed by atoms with Gasteiger partial charge in [0.1, 0.15) is 0 Å². The van der Waals surface area contributed by atoms with Crippen molar-refractivity contribution < 1.29 is 4.74 Å². The van der Waals surface area contributed by atoms with E-state index in [-0.39, 0.29) is 0 Å². The second-order valence-corrected chi connectivity index (χ2v) is 6.39. The molecule has 19 heavy (non-hydrogen) atoms. The van der Waals surface area contributed by atoms with Crippen molar-refractivity contribution >= 4 is 23.2 Å². The van der Waals surface area contributed by atoms with Crippen LogP contribution in [0.4, 0.5) is 0 Å². The molecule has 4 heteroatoms. The normalized spacial score (nSPS) is 30.8. The molecule has 0 saturated carbocycles. The third-order valence-electron chi connectivity index (χ3n) is 4.53. The number of ether oxygens (including phenoxy) is 1. The third-order valence-corrected chi connectivity index (χ3v) is 5.23. The van der Waals surface area contributed by atoms with Gasteiger partial charge in [-0.25, -0.2) is 0 Å². The molecular weight excluding hydrogens is 281 g/mol. The smallest absolute Gasteiger partial charge is 0.0623 e. The van der Waals surface area contributed by atoms with Crippen molar-refractivity contribution in [3.8, 4) is 0 Å². The van der Waals surface area contributed by atoms with Crippen molar-refractivity contribution in [1.29, 1.82) is 0 Å². The van der Waals surface area contributed by atoms with Gasteiger partial charge in [-0.3, -0.25) is 0 Å². The average molecular weight is 300 g/mol. The second-order valence-electron chi connectivity index (χ2n) is 5.57. The minimum atomic E-state index is 0.382. The summed E-state index contributed by atoms with van der Waals surface area (Å²) in [7, 11) is 2.02. The van der Waals surface area contributed by atoms with Crippen LogP contribution in [0.5, 0.6) is 0 Å². The number of fused-ring (bicyclic) bond motifs is 2. The van der Waals surface area contributed by atoms with Crippen LogP contribution in [-0.4, -0.2) is 25.3 Å². The van der Waals surface area contributed by atoms with Crippen molar-refractivity contribution in [2.75, 3.05) is 7.05 Å². The Bertz CT molecular complexity index is 445. The van der Waals surface area contributed by atoms with Gasteiger partial charge < -0.3 is 10.1 Å². The summed E-state index contributed by atoms with van der Waals surface area (Å²) in [5, 5.41) is 4.96. The van der Waals surface area contributed by atoms with Gasteiger partial charge in [0, 0.05) is 22.0 Å². The molecule has 0 amide bonds. The lowest BCUT2D eigenvalue weighted by Gasteiger charge is -2.28. The van der Waals surface area contributed by atoms with Gasteiger partial charge in [-0.2, -0.15) is 0 Å². The van der Waals surface area contributed by atoms with E-state index in [2.05, 4.69) is 5.32 Å². The zero-order valence-corrected chi connectivity index (χ0v) is 12.5. The molecule has 2 aliphatic rings. The molecule has 4 atom stereocenters. The highest BCUT2D eigenvalue weighted by Crippen LogP contribution is 2.41. The molecule has 1 aromatic carbocycles. The molecule has 0 spiro atoms. The first-order valence-corrected chi connectivity index (χ1v) is 7.70. The zero-order valence-electron chi connectivity index (χ0n) is 11.0. The third kappa shape index (κ3) is 2.64. The SMILES string of the molecule is CNC(Cc1c(Cl)cccc1Cl)C1CC2CCC1O2. The van der Waals surface area contributed by atoms with Gasteiger partial charge in [-0.15, -0.1) is 0 Å². The summed E-state index contributed by atoms with van der Waals surface area (Å²) in [5.74, 6) is 0.580. The summed E-state index contributed by atoms with van der Waals surface area (Å²) in [4.78, 5) is 0. The molecule has 0 aromatic heterocycles. The van der Waals surface area contributed by atoms with Crippen LogP contribution >= 0.6 is 23.2 Å². The van der Waals surface area contributed by atoms with E-state index in [1.807, 2.05) is 25.2 Å². The summed E-state index contributed by atoms with van der Waals surface area (Å²) < 4.78 is 5.96. The van der Waals surface area contributed by atoms with Crippen LogP contribution in [0.1, 0.15) is 24.8 Å². The second kappa shape index (κ2) is 5.61. The summed E-state index contributed by atoms with van der Waals surface area (Å²) in [6, 6.07) is 6.09. The van der Waals surface area contributed by atoms with E-state index < -0.39 is 0 Å². The fraction of sp³-hybridized carbons (Fsp3) is 0.600. The summed E-state index contributed by atoms with van der Waals surface area (Å²) >= 11 is 12.5. The molecule has 2 aliphatic heterocycles. The predicted molar refractivity (Wildman–Crippen MR) is 79.0 cm³/mol. The molecule has 2 fully saturated rings. The lowest BCUT2D eigenvalue weighted by Crippen LogP contribution is -2.40. The average Bonchev–Trinajstić information content (AvgIpc) is 3.01. The highest BCUT2D eigenvalue weighted by molar-refractivity contribution is 6.36. The van der Waals surface area contributed by atoms with Crippen LogP contribution in [0.25, 0.3) is 0 Å². The molecule has 1 aromatic rings. The summed E-state index contributed by atoms with van der Waals surface area (Å²) in [5.41, 5.74) is 1.05. The van der Waals surface area contributed by atoms with E-state index >= 15 is 0 Å². The first-order valence-electron chi connectivity index (χ1n) is 6.94. The molecule has 2 nitrogen and oxygen atoms in total. The Kier molecular flexibility index (Phi) is 4.04. The van der Waals surface area contributed by atoms with E-state index in [9.17, 15) is 0 Å². The van der Waals surface area contributed by atoms with E-state index in [1.54, 1.807) is 0 Å². The molecule has 1 N–H and O–H groups in total. The maximum Gasteiger partial charge on any atom is 0.0623 e. The molecule has 4 unspecified atom stereocenters. The number of hydrogen-bond acceptors (Lipinski definition) is 2. The molecule has 2 bridgehead atoms. The molecule has 0 radical (unpaired) electrons. The van der Waals surface area contributed by atoms with E-state index in [4.69, 9.17) is 27.9 Å². The van der Waals surface area contributed by atoms with E-state index in [0.717, 1.165) is 28.5 Å². The van der Waals surface area contributed by atoms with Crippen LogP contribution in [0.15, 0.2) is 18.2 Å². The molecule has 104 valence electrons. The standard InChI is InChI=1S/C15H19Cl2NO/c1-18-14(11-7-9-5-6-15(11)19-9)8-10-12(16)3-2-4-13(10)17/h2-4,9,11,14-15,18H,5-8H2,1H3. The maximum atomic E-state index is 6.27. The quantitative estimate of drug-likeness (QED) is 0.915. The topological polar surface area (TPSA) is 21.3 Å². The number of hydrogen-bond donors (Lipinski definition) is 1. The fourth-order valence-electron chi connectivity index (χ4n) is 3.52. The van der Waals surface area contributed by atoms with Gasteiger partial charge in [-0.05, 0) is 50.4 Å². The Labute approximate surface area is 124 Å². The number of benzene rings is 1. The monoisotopic (exact) mass is 299 g/mol. The zero-order chi connectivity index (χ0) is 13.4. The van der Waals surface area contributed by atoms with Crippen LogP contribution < -0.4 is 5.32 Å². The predicted octanol–water partition coefficient (Wildman–Crippen LogP) is 3.69. The van der Waals surface area contributed by atoms with E-state index in [0.29, 0.717) is 24.2 Å². The Balaban J connectivity index is 1.77. The van der Waals surface area contributed by atoms with Crippen LogP contribution in [-0.2, 0) is 11.2 Å².